The molecular weight excluding hydrogens is 218 g/mol. The molecule has 0 aliphatic rings. The van der Waals surface area contributed by atoms with Crippen LogP contribution in [0.15, 0.2) is 24.3 Å². The van der Waals surface area contributed by atoms with Crippen molar-refractivity contribution < 1.29 is 0 Å². The molecule has 0 saturated carbocycles. The molecule has 18 heavy (non-hydrogen) atoms. The van der Waals surface area contributed by atoms with Gasteiger partial charge < -0.3 is 5.32 Å². The van der Waals surface area contributed by atoms with Gasteiger partial charge in [-0.15, -0.1) is 0 Å². The third-order valence-electron chi connectivity index (χ3n) is 3.32. The first-order valence-electron chi connectivity index (χ1n) is 7.31. The Morgan fingerprint density at radius 1 is 1.00 bits per heavy atom. The van der Waals surface area contributed by atoms with Gasteiger partial charge in [0.05, 0.1) is 0 Å². The Balaban J connectivity index is 2.84. The zero-order valence-electron chi connectivity index (χ0n) is 12.7. The molecule has 0 heterocycles. The summed E-state index contributed by atoms with van der Waals surface area (Å²) >= 11 is 0. The monoisotopic (exact) mass is 247 g/mol. The summed E-state index contributed by atoms with van der Waals surface area (Å²) in [7, 11) is 0. The first kappa shape index (κ1) is 15.2. The van der Waals surface area contributed by atoms with E-state index in [0.717, 1.165) is 6.54 Å². The van der Waals surface area contributed by atoms with E-state index < -0.39 is 0 Å². The number of benzene rings is 1. The molecule has 0 aromatic heterocycles. The third-order valence-corrected chi connectivity index (χ3v) is 3.32. The molecule has 0 radical (unpaired) electrons. The largest absolute Gasteiger partial charge is 0.309 e. The third kappa shape index (κ3) is 4.45. The van der Waals surface area contributed by atoms with E-state index in [9.17, 15) is 0 Å². The summed E-state index contributed by atoms with van der Waals surface area (Å²) in [5.74, 6) is 0. The van der Waals surface area contributed by atoms with Crippen LogP contribution in [0.2, 0.25) is 0 Å². The molecule has 1 N–H and O–H groups in total. The highest BCUT2D eigenvalue weighted by Crippen LogP contribution is 2.32. The summed E-state index contributed by atoms with van der Waals surface area (Å²) < 4.78 is 0. The van der Waals surface area contributed by atoms with Gasteiger partial charge in [-0.05, 0) is 35.9 Å². The van der Waals surface area contributed by atoms with Crippen LogP contribution in [-0.2, 0) is 6.42 Å². The van der Waals surface area contributed by atoms with Crippen molar-refractivity contribution in [3.63, 3.8) is 0 Å². The first-order chi connectivity index (χ1) is 8.49. The predicted molar refractivity (Wildman–Crippen MR) is 80.9 cm³/mol. The lowest BCUT2D eigenvalue weighted by Gasteiger charge is -2.32. The van der Waals surface area contributed by atoms with Crippen molar-refractivity contribution in [2.24, 2.45) is 5.41 Å². The van der Waals surface area contributed by atoms with Crippen LogP contribution in [-0.4, -0.2) is 6.54 Å². The molecule has 1 aromatic rings. The Morgan fingerprint density at radius 2 is 1.61 bits per heavy atom. The standard InChI is InChI=1S/C17H29N/c1-6-8-14-9-11-15(12-10-14)16(17(3,4)5)18-13-7-2/h9-12,16,18H,6-8,13H2,1-5H3. The molecule has 0 aliphatic heterocycles. The number of hydrogen-bond donors (Lipinski definition) is 1. The lowest BCUT2D eigenvalue weighted by atomic mass is 9.82. The molecular formula is C17H29N. The SMILES string of the molecule is CCCNC(c1ccc(CCC)cc1)C(C)(C)C. The van der Waals surface area contributed by atoms with Crippen LogP contribution < -0.4 is 5.32 Å². The minimum absolute atomic E-state index is 0.251. The molecule has 102 valence electrons. The highest BCUT2D eigenvalue weighted by molar-refractivity contribution is 5.26. The van der Waals surface area contributed by atoms with Crippen LogP contribution in [0.1, 0.15) is 64.6 Å². The fraction of sp³-hybridized carbons (Fsp3) is 0.647. The minimum Gasteiger partial charge on any atom is -0.309 e. The highest BCUT2D eigenvalue weighted by Gasteiger charge is 2.25. The first-order valence-corrected chi connectivity index (χ1v) is 7.31. The summed E-state index contributed by atoms with van der Waals surface area (Å²) in [6, 6.07) is 9.59. The fourth-order valence-corrected chi connectivity index (χ4v) is 2.38. The lowest BCUT2D eigenvalue weighted by molar-refractivity contribution is 0.273. The molecule has 0 aliphatic carbocycles. The van der Waals surface area contributed by atoms with Gasteiger partial charge in [-0.1, -0.05) is 65.3 Å². The normalized spacial score (nSPS) is 13.6. The van der Waals surface area contributed by atoms with Crippen LogP contribution in [0.3, 0.4) is 0 Å². The molecule has 1 atom stereocenters. The van der Waals surface area contributed by atoms with E-state index in [1.54, 1.807) is 0 Å². The average molecular weight is 247 g/mol. The quantitative estimate of drug-likeness (QED) is 0.766. The van der Waals surface area contributed by atoms with E-state index in [2.05, 4.69) is 64.2 Å². The number of aryl methyl sites for hydroxylation is 1. The second-order valence-corrected chi connectivity index (χ2v) is 6.24. The Kier molecular flexibility index (Phi) is 5.87. The Hall–Kier alpha value is -0.820. The van der Waals surface area contributed by atoms with E-state index >= 15 is 0 Å². The molecule has 1 nitrogen and oxygen atoms in total. The van der Waals surface area contributed by atoms with Gasteiger partial charge in [0.1, 0.15) is 0 Å². The van der Waals surface area contributed by atoms with Crippen LogP contribution in [0.4, 0.5) is 0 Å². The van der Waals surface area contributed by atoms with Gasteiger partial charge in [-0.25, -0.2) is 0 Å². The molecule has 0 amide bonds. The van der Waals surface area contributed by atoms with E-state index in [0.29, 0.717) is 6.04 Å². The lowest BCUT2D eigenvalue weighted by Crippen LogP contribution is -2.32. The predicted octanol–water partition coefficient (Wildman–Crippen LogP) is 4.73. The van der Waals surface area contributed by atoms with Crippen molar-refractivity contribution in [3.8, 4) is 0 Å². The van der Waals surface area contributed by atoms with E-state index in [4.69, 9.17) is 0 Å². The van der Waals surface area contributed by atoms with Crippen molar-refractivity contribution in [2.75, 3.05) is 6.54 Å². The summed E-state index contributed by atoms with van der Waals surface area (Å²) in [4.78, 5) is 0. The van der Waals surface area contributed by atoms with Crippen molar-refractivity contribution in [1.29, 1.82) is 0 Å². The van der Waals surface area contributed by atoms with Crippen LogP contribution in [0, 0.1) is 5.41 Å². The van der Waals surface area contributed by atoms with Crippen LogP contribution >= 0.6 is 0 Å². The smallest absolute Gasteiger partial charge is 0.0369 e. The van der Waals surface area contributed by atoms with Crippen LogP contribution in [0.5, 0.6) is 0 Å². The minimum atomic E-state index is 0.251. The molecule has 1 aromatic carbocycles. The highest BCUT2D eigenvalue weighted by atomic mass is 14.9. The van der Waals surface area contributed by atoms with Gasteiger partial charge in [0.25, 0.3) is 0 Å². The zero-order chi connectivity index (χ0) is 13.6. The van der Waals surface area contributed by atoms with Gasteiger partial charge >= 0.3 is 0 Å². The molecule has 0 bridgehead atoms. The molecule has 0 spiro atoms. The Labute approximate surface area is 113 Å². The molecule has 1 heteroatoms. The molecule has 0 saturated heterocycles. The van der Waals surface area contributed by atoms with E-state index in [1.807, 2.05) is 0 Å². The van der Waals surface area contributed by atoms with Crippen LogP contribution in [0.25, 0.3) is 0 Å². The van der Waals surface area contributed by atoms with Crippen molar-refractivity contribution >= 4 is 0 Å². The molecule has 0 fully saturated rings. The summed E-state index contributed by atoms with van der Waals surface area (Å²) in [5.41, 5.74) is 3.11. The van der Waals surface area contributed by atoms with Gasteiger partial charge in [0.2, 0.25) is 0 Å². The maximum atomic E-state index is 3.68. The Morgan fingerprint density at radius 3 is 2.06 bits per heavy atom. The number of hydrogen-bond acceptors (Lipinski definition) is 1. The van der Waals surface area contributed by atoms with Crippen molar-refractivity contribution in [1.82, 2.24) is 5.32 Å². The maximum absolute atomic E-state index is 3.68. The molecule has 1 rings (SSSR count). The van der Waals surface area contributed by atoms with Gasteiger partial charge in [0, 0.05) is 6.04 Å². The number of nitrogens with one attached hydrogen (secondary N) is 1. The van der Waals surface area contributed by atoms with Gasteiger partial charge in [0.15, 0.2) is 0 Å². The summed E-state index contributed by atoms with van der Waals surface area (Å²) in [6.07, 6.45) is 3.58. The summed E-state index contributed by atoms with van der Waals surface area (Å²) in [5, 5.41) is 3.68. The van der Waals surface area contributed by atoms with Gasteiger partial charge in [-0.2, -0.15) is 0 Å². The average Bonchev–Trinajstić information content (AvgIpc) is 2.30. The van der Waals surface area contributed by atoms with Gasteiger partial charge in [-0.3, -0.25) is 0 Å². The van der Waals surface area contributed by atoms with Crippen molar-refractivity contribution in [3.05, 3.63) is 35.4 Å². The van der Waals surface area contributed by atoms with E-state index in [-0.39, 0.29) is 5.41 Å². The number of rotatable bonds is 6. The second kappa shape index (κ2) is 6.94. The second-order valence-electron chi connectivity index (χ2n) is 6.24. The topological polar surface area (TPSA) is 12.0 Å². The molecule has 1 unspecified atom stereocenters. The zero-order valence-corrected chi connectivity index (χ0v) is 12.7. The van der Waals surface area contributed by atoms with E-state index in [1.165, 1.54) is 30.4 Å². The Bertz CT molecular complexity index is 332. The maximum Gasteiger partial charge on any atom is 0.0369 e. The summed E-state index contributed by atoms with van der Waals surface area (Å²) in [6.45, 7) is 12.4. The fourth-order valence-electron chi connectivity index (χ4n) is 2.38. The van der Waals surface area contributed by atoms with Crippen molar-refractivity contribution in [2.45, 2.75) is 59.9 Å².